The van der Waals surface area contributed by atoms with Gasteiger partial charge in [-0.1, -0.05) is 0 Å². The van der Waals surface area contributed by atoms with Crippen molar-refractivity contribution in [2.45, 2.75) is 6.42 Å². The van der Waals surface area contributed by atoms with Gasteiger partial charge in [0.1, 0.15) is 5.76 Å². The van der Waals surface area contributed by atoms with Crippen LogP contribution in [-0.2, 0) is 6.42 Å². The fourth-order valence-electron chi connectivity index (χ4n) is 0.737. The zero-order valence-corrected chi connectivity index (χ0v) is 5.78. The van der Waals surface area contributed by atoms with Crippen LogP contribution in [0.15, 0.2) is 16.5 Å². The smallest absolute Gasteiger partial charge is 0.371 e. The molecule has 0 atom stereocenters. The van der Waals surface area contributed by atoms with Gasteiger partial charge in [-0.25, -0.2) is 4.79 Å². The molecule has 0 radical (unpaired) electrons. The van der Waals surface area contributed by atoms with Gasteiger partial charge in [0.05, 0.1) is 6.61 Å². The normalized spacial score (nSPS) is 9.91. The third-order valence-corrected chi connectivity index (χ3v) is 1.23. The van der Waals surface area contributed by atoms with Crippen molar-refractivity contribution in [2.24, 2.45) is 0 Å². The molecule has 0 aliphatic carbocycles. The predicted molar refractivity (Wildman–Crippen MR) is 36.5 cm³/mol. The van der Waals surface area contributed by atoms with Crippen LogP contribution in [0.4, 0.5) is 0 Å². The van der Waals surface area contributed by atoms with Crippen molar-refractivity contribution in [3.8, 4) is 0 Å². The second kappa shape index (κ2) is 3.21. The molecule has 0 amide bonds. The van der Waals surface area contributed by atoms with E-state index in [-0.39, 0.29) is 12.4 Å². The van der Waals surface area contributed by atoms with E-state index in [1.54, 1.807) is 6.07 Å². The molecule has 0 bridgehead atoms. The van der Waals surface area contributed by atoms with E-state index in [2.05, 4.69) is 0 Å². The number of aliphatic hydroxyl groups is 1. The minimum absolute atomic E-state index is 0.0351. The van der Waals surface area contributed by atoms with Crippen LogP contribution in [0.25, 0.3) is 0 Å². The van der Waals surface area contributed by atoms with Crippen LogP contribution in [-0.4, -0.2) is 22.8 Å². The topological polar surface area (TPSA) is 70.7 Å². The van der Waals surface area contributed by atoms with Crippen LogP contribution in [0, 0.1) is 0 Å². The first kappa shape index (κ1) is 7.81. The number of carbonyl (C=O) groups is 1. The molecule has 0 aliphatic rings. The summed E-state index contributed by atoms with van der Waals surface area (Å²) in [6.45, 7) is -0.0351. The van der Waals surface area contributed by atoms with Gasteiger partial charge in [0.15, 0.2) is 0 Å². The number of rotatable bonds is 3. The van der Waals surface area contributed by atoms with E-state index < -0.39 is 5.97 Å². The second-order valence-electron chi connectivity index (χ2n) is 2.04. The van der Waals surface area contributed by atoms with E-state index in [0.29, 0.717) is 12.2 Å². The third-order valence-electron chi connectivity index (χ3n) is 1.23. The Labute approximate surface area is 63.1 Å². The maximum Gasteiger partial charge on any atom is 0.371 e. The Morgan fingerprint density at radius 3 is 2.73 bits per heavy atom. The SMILES string of the molecule is O=C(O)c1ccc(CCO)o1. The Morgan fingerprint density at radius 1 is 1.55 bits per heavy atom. The van der Waals surface area contributed by atoms with Gasteiger partial charge < -0.3 is 14.6 Å². The van der Waals surface area contributed by atoms with E-state index in [1.165, 1.54) is 6.07 Å². The molecule has 4 heteroatoms. The molecule has 4 nitrogen and oxygen atoms in total. The number of carboxylic acid groups (broad SMARTS) is 1. The number of furan rings is 1. The Balaban J connectivity index is 2.73. The Hall–Kier alpha value is -1.29. The molecule has 1 heterocycles. The first-order valence-electron chi connectivity index (χ1n) is 3.17. The average Bonchev–Trinajstić information content (AvgIpc) is 2.37. The van der Waals surface area contributed by atoms with Gasteiger partial charge >= 0.3 is 5.97 Å². The molecule has 0 saturated carbocycles. The van der Waals surface area contributed by atoms with Crippen molar-refractivity contribution in [1.82, 2.24) is 0 Å². The highest BCUT2D eigenvalue weighted by atomic mass is 16.4. The highest BCUT2D eigenvalue weighted by molar-refractivity contribution is 5.84. The van der Waals surface area contributed by atoms with Gasteiger partial charge in [0.25, 0.3) is 0 Å². The molecule has 11 heavy (non-hydrogen) atoms. The van der Waals surface area contributed by atoms with Crippen molar-refractivity contribution in [3.05, 3.63) is 23.7 Å². The summed E-state index contributed by atoms with van der Waals surface area (Å²) in [7, 11) is 0. The molecule has 2 N–H and O–H groups in total. The van der Waals surface area contributed by atoms with Gasteiger partial charge in [-0.3, -0.25) is 0 Å². The van der Waals surface area contributed by atoms with Crippen molar-refractivity contribution < 1.29 is 19.4 Å². The minimum Gasteiger partial charge on any atom is -0.475 e. The standard InChI is InChI=1S/C7H8O4/c8-4-3-5-1-2-6(11-5)7(9)10/h1-2,8H,3-4H2,(H,9,10). The first-order chi connectivity index (χ1) is 5.24. The molecule has 0 spiro atoms. The molecule has 0 unspecified atom stereocenters. The third kappa shape index (κ3) is 1.81. The molecular formula is C7H8O4. The fourth-order valence-corrected chi connectivity index (χ4v) is 0.737. The summed E-state index contributed by atoms with van der Waals surface area (Å²) in [5, 5.41) is 16.9. The van der Waals surface area contributed by atoms with Gasteiger partial charge in [-0.05, 0) is 12.1 Å². The van der Waals surface area contributed by atoms with Gasteiger partial charge in [0.2, 0.25) is 5.76 Å². The highest BCUT2D eigenvalue weighted by Gasteiger charge is 2.07. The summed E-state index contributed by atoms with van der Waals surface area (Å²) in [4.78, 5) is 10.3. The number of aromatic carboxylic acids is 1. The molecule has 0 fully saturated rings. The molecule has 0 aromatic carbocycles. The van der Waals surface area contributed by atoms with E-state index in [4.69, 9.17) is 14.6 Å². The van der Waals surface area contributed by atoms with Crippen molar-refractivity contribution in [3.63, 3.8) is 0 Å². The van der Waals surface area contributed by atoms with Gasteiger partial charge in [0, 0.05) is 6.42 Å². The van der Waals surface area contributed by atoms with Crippen LogP contribution in [0.2, 0.25) is 0 Å². The maximum atomic E-state index is 10.3. The Bertz CT molecular complexity index is 251. The largest absolute Gasteiger partial charge is 0.475 e. The van der Waals surface area contributed by atoms with E-state index in [0.717, 1.165) is 0 Å². The monoisotopic (exact) mass is 156 g/mol. The molecule has 1 rings (SSSR count). The predicted octanol–water partition coefficient (Wildman–Crippen LogP) is 0.513. The number of carboxylic acids is 1. The molecule has 60 valence electrons. The average molecular weight is 156 g/mol. The van der Waals surface area contributed by atoms with Crippen LogP contribution in [0.5, 0.6) is 0 Å². The van der Waals surface area contributed by atoms with E-state index in [9.17, 15) is 4.79 Å². The summed E-state index contributed by atoms with van der Waals surface area (Å²) in [6, 6.07) is 2.91. The lowest BCUT2D eigenvalue weighted by Gasteiger charge is -1.88. The zero-order valence-electron chi connectivity index (χ0n) is 5.78. The maximum absolute atomic E-state index is 10.3. The summed E-state index contributed by atoms with van der Waals surface area (Å²) >= 11 is 0. The molecular weight excluding hydrogens is 148 g/mol. The number of hydrogen-bond donors (Lipinski definition) is 2. The van der Waals surface area contributed by atoms with Gasteiger partial charge in [-0.2, -0.15) is 0 Å². The van der Waals surface area contributed by atoms with E-state index >= 15 is 0 Å². The quantitative estimate of drug-likeness (QED) is 0.669. The summed E-state index contributed by atoms with van der Waals surface area (Å²) in [6.07, 6.45) is 0.354. The van der Waals surface area contributed by atoms with E-state index in [1.807, 2.05) is 0 Å². The summed E-state index contributed by atoms with van der Waals surface area (Å²) < 4.78 is 4.83. The lowest BCUT2D eigenvalue weighted by Crippen LogP contribution is -1.92. The van der Waals surface area contributed by atoms with Gasteiger partial charge in [-0.15, -0.1) is 0 Å². The fraction of sp³-hybridized carbons (Fsp3) is 0.286. The van der Waals surface area contributed by atoms with Crippen molar-refractivity contribution >= 4 is 5.97 Å². The highest BCUT2D eigenvalue weighted by Crippen LogP contribution is 2.07. The Kier molecular flexibility index (Phi) is 2.28. The summed E-state index contributed by atoms with van der Waals surface area (Å²) in [5.74, 6) is -0.687. The zero-order chi connectivity index (χ0) is 8.27. The Morgan fingerprint density at radius 2 is 2.27 bits per heavy atom. The number of hydrogen-bond acceptors (Lipinski definition) is 3. The first-order valence-corrected chi connectivity index (χ1v) is 3.17. The van der Waals surface area contributed by atoms with Crippen LogP contribution < -0.4 is 0 Å². The van der Waals surface area contributed by atoms with Crippen molar-refractivity contribution in [2.75, 3.05) is 6.61 Å². The van der Waals surface area contributed by atoms with Crippen LogP contribution >= 0.6 is 0 Å². The summed E-state index contributed by atoms with van der Waals surface area (Å²) in [5.41, 5.74) is 0. The van der Waals surface area contributed by atoms with Crippen LogP contribution in [0.1, 0.15) is 16.3 Å². The molecule has 0 saturated heterocycles. The lowest BCUT2D eigenvalue weighted by molar-refractivity contribution is 0.0659. The minimum atomic E-state index is -1.09. The molecule has 1 aromatic rings. The van der Waals surface area contributed by atoms with Crippen molar-refractivity contribution in [1.29, 1.82) is 0 Å². The van der Waals surface area contributed by atoms with Crippen LogP contribution in [0.3, 0.4) is 0 Å². The lowest BCUT2D eigenvalue weighted by atomic mass is 10.3. The number of aliphatic hydroxyl groups excluding tert-OH is 1. The molecule has 1 aromatic heterocycles. The molecule has 0 aliphatic heterocycles. The second-order valence-corrected chi connectivity index (χ2v) is 2.04.